The van der Waals surface area contributed by atoms with Crippen molar-refractivity contribution in [1.29, 1.82) is 0 Å². The maximum atomic E-state index is 13.8. The van der Waals surface area contributed by atoms with Gasteiger partial charge in [-0.1, -0.05) is 26.0 Å². The van der Waals surface area contributed by atoms with Crippen LogP contribution in [0.4, 0.5) is 21.8 Å². The molecule has 3 N–H and O–H groups in total. The van der Waals surface area contributed by atoms with E-state index in [-0.39, 0.29) is 11.9 Å². The minimum atomic E-state index is -0.404. The molecule has 0 aliphatic rings. The van der Waals surface area contributed by atoms with Crippen LogP contribution in [-0.4, -0.2) is 33.9 Å². The van der Waals surface area contributed by atoms with Gasteiger partial charge in [-0.3, -0.25) is 10.1 Å². The van der Waals surface area contributed by atoms with Crippen LogP contribution in [0.25, 0.3) is 22.0 Å². The number of hydrogen-bond donors (Lipinski definition) is 2. The molecule has 0 fully saturated rings. The van der Waals surface area contributed by atoms with E-state index in [1.54, 1.807) is 30.6 Å². The van der Waals surface area contributed by atoms with E-state index in [1.165, 1.54) is 12.1 Å². The van der Waals surface area contributed by atoms with Crippen molar-refractivity contribution in [3.63, 3.8) is 0 Å². The van der Waals surface area contributed by atoms with E-state index in [1.807, 2.05) is 18.2 Å². The molecule has 0 unspecified atom stereocenters. The van der Waals surface area contributed by atoms with Gasteiger partial charge in [0.05, 0.1) is 5.52 Å². The van der Waals surface area contributed by atoms with E-state index >= 15 is 0 Å². The van der Waals surface area contributed by atoms with E-state index in [9.17, 15) is 9.18 Å². The molecule has 0 aliphatic carbocycles. The Labute approximate surface area is 197 Å². The van der Waals surface area contributed by atoms with Crippen molar-refractivity contribution < 1.29 is 9.18 Å². The van der Waals surface area contributed by atoms with Gasteiger partial charge in [0.2, 0.25) is 5.95 Å². The zero-order valence-corrected chi connectivity index (χ0v) is 19.3. The van der Waals surface area contributed by atoms with Gasteiger partial charge in [0.25, 0.3) is 5.91 Å². The van der Waals surface area contributed by atoms with E-state index in [4.69, 9.17) is 5.73 Å². The number of nitrogens with one attached hydrogen (secondary N) is 1. The van der Waals surface area contributed by atoms with Crippen LogP contribution in [0.1, 0.15) is 37.0 Å². The number of nitrogens with zero attached hydrogens (tertiary/aromatic N) is 4. The summed E-state index contributed by atoms with van der Waals surface area (Å²) in [5.41, 5.74) is 8.65. The number of fused-ring (bicyclic) bond motifs is 1. The summed E-state index contributed by atoms with van der Waals surface area (Å²) in [4.78, 5) is 28.3. The smallest absolute Gasteiger partial charge is 0.258 e. The summed E-state index contributed by atoms with van der Waals surface area (Å²) < 4.78 is 13.8. The average Bonchev–Trinajstić information content (AvgIpc) is 2.83. The fraction of sp³-hybridized carbons (Fsp3) is 0.231. The Morgan fingerprint density at radius 2 is 1.79 bits per heavy atom. The number of pyridine rings is 1. The molecule has 1 amide bonds. The third-order valence-corrected chi connectivity index (χ3v) is 5.38. The lowest BCUT2D eigenvalue weighted by Gasteiger charge is -2.22. The minimum Gasteiger partial charge on any atom is -0.399 e. The number of hydrogen-bond acceptors (Lipinski definition) is 6. The highest BCUT2D eigenvalue weighted by atomic mass is 19.1. The van der Waals surface area contributed by atoms with Crippen molar-refractivity contribution in [1.82, 2.24) is 15.0 Å². The number of amides is 1. The summed E-state index contributed by atoms with van der Waals surface area (Å²) in [7, 11) is 0. The molecule has 8 heteroatoms. The third-order valence-electron chi connectivity index (χ3n) is 5.38. The zero-order chi connectivity index (χ0) is 24.1. The largest absolute Gasteiger partial charge is 0.399 e. The lowest BCUT2D eigenvalue weighted by molar-refractivity contribution is 0.102. The molecule has 4 aromatic rings. The number of nitrogens with two attached hydrogens (primary N) is 1. The number of nitrogen functional groups attached to an aromatic ring is 1. The van der Waals surface area contributed by atoms with Crippen LogP contribution >= 0.6 is 0 Å². The van der Waals surface area contributed by atoms with Crippen molar-refractivity contribution in [2.75, 3.05) is 29.0 Å². The molecule has 2 heterocycles. The van der Waals surface area contributed by atoms with Crippen LogP contribution < -0.4 is 16.0 Å². The molecule has 0 spiro atoms. The molecule has 4 rings (SSSR count). The summed E-state index contributed by atoms with van der Waals surface area (Å²) in [5.74, 6) is 0.240. The molecule has 0 saturated heterocycles. The van der Waals surface area contributed by atoms with Gasteiger partial charge in [-0.15, -0.1) is 0 Å². The molecule has 174 valence electrons. The SMILES string of the molecule is CCCN(CCC)c1cc(C(=O)Nc2ncc3ccc(-c4cc(N)cc(F)c4)cc3n2)ccn1. The topological polar surface area (TPSA) is 97.0 Å². The molecule has 0 radical (unpaired) electrons. The second-order valence-corrected chi connectivity index (χ2v) is 8.08. The number of benzene rings is 2. The maximum Gasteiger partial charge on any atom is 0.258 e. The average molecular weight is 459 g/mol. The van der Waals surface area contributed by atoms with E-state index in [0.29, 0.717) is 22.3 Å². The second-order valence-electron chi connectivity index (χ2n) is 8.08. The van der Waals surface area contributed by atoms with Gasteiger partial charge in [-0.2, -0.15) is 0 Å². The van der Waals surface area contributed by atoms with Gasteiger partial charge in [-0.05, 0) is 60.4 Å². The van der Waals surface area contributed by atoms with Crippen LogP contribution in [0.5, 0.6) is 0 Å². The van der Waals surface area contributed by atoms with Crippen LogP contribution in [-0.2, 0) is 0 Å². The second kappa shape index (κ2) is 10.2. The number of carbonyl (C=O) groups is 1. The minimum absolute atomic E-state index is 0.186. The molecule has 34 heavy (non-hydrogen) atoms. The molecule has 0 bridgehead atoms. The highest BCUT2D eigenvalue weighted by Gasteiger charge is 2.13. The van der Waals surface area contributed by atoms with Crippen LogP contribution in [0, 0.1) is 5.82 Å². The van der Waals surface area contributed by atoms with Gasteiger partial charge in [0.1, 0.15) is 11.6 Å². The quantitative estimate of drug-likeness (QED) is 0.348. The van der Waals surface area contributed by atoms with Crippen molar-refractivity contribution in [2.24, 2.45) is 0 Å². The highest BCUT2D eigenvalue weighted by Crippen LogP contribution is 2.26. The molecule has 0 saturated carbocycles. The van der Waals surface area contributed by atoms with Gasteiger partial charge in [0, 0.05) is 42.1 Å². The summed E-state index contributed by atoms with van der Waals surface area (Å²) >= 11 is 0. The first-order chi connectivity index (χ1) is 16.5. The van der Waals surface area contributed by atoms with Crippen molar-refractivity contribution in [3.8, 4) is 11.1 Å². The summed E-state index contributed by atoms with van der Waals surface area (Å²) in [6.07, 6.45) is 5.27. The maximum absolute atomic E-state index is 13.8. The summed E-state index contributed by atoms with van der Waals surface area (Å²) in [6, 6.07) is 13.4. The van der Waals surface area contributed by atoms with Crippen LogP contribution in [0.2, 0.25) is 0 Å². The van der Waals surface area contributed by atoms with Crippen molar-refractivity contribution in [3.05, 3.63) is 72.3 Å². The Kier molecular flexibility index (Phi) is 6.96. The molecular weight excluding hydrogens is 431 g/mol. The first-order valence-corrected chi connectivity index (χ1v) is 11.3. The molecule has 0 aliphatic heterocycles. The molecule has 2 aromatic carbocycles. The standard InChI is InChI=1S/C26H27FN6O/c1-3-9-33(10-4-2)24-14-18(7-8-29-24)25(34)32-26-30-16-19-6-5-17(13-23(19)31-26)20-11-21(27)15-22(28)12-20/h5-8,11-16H,3-4,9-10,28H2,1-2H3,(H,30,31,32,34). The lowest BCUT2D eigenvalue weighted by Crippen LogP contribution is -2.26. The Morgan fingerprint density at radius 3 is 2.53 bits per heavy atom. The van der Waals surface area contributed by atoms with Gasteiger partial charge >= 0.3 is 0 Å². The molecule has 0 atom stereocenters. The third kappa shape index (κ3) is 5.28. The summed E-state index contributed by atoms with van der Waals surface area (Å²) in [5, 5.41) is 3.57. The fourth-order valence-electron chi connectivity index (χ4n) is 3.83. The monoisotopic (exact) mass is 458 g/mol. The Balaban J connectivity index is 1.58. The Bertz CT molecular complexity index is 1300. The fourth-order valence-corrected chi connectivity index (χ4v) is 3.83. The zero-order valence-electron chi connectivity index (χ0n) is 19.3. The van der Waals surface area contributed by atoms with Gasteiger partial charge in [0.15, 0.2) is 0 Å². The lowest BCUT2D eigenvalue weighted by atomic mass is 10.0. The first kappa shape index (κ1) is 23.1. The normalized spacial score (nSPS) is 10.9. The number of rotatable bonds is 8. The van der Waals surface area contributed by atoms with Gasteiger partial charge < -0.3 is 10.6 Å². The highest BCUT2D eigenvalue weighted by molar-refractivity contribution is 6.04. The van der Waals surface area contributed by atoms with Crippen molar-refractivity contribution in [2.45, 2.75) is 26.7 Å². The number of anilines is 3. The van der Waals surface area contributed by atoms with Crippen molar-refractivity contribution >= 4 is 34.3 Å². The molecular formula is C26H27FN6O. The predicted molar refractivity (Wildman–Crippen MR) is 134 cm³/mol. The first-order valence-electron chi connectivity index (χ1n) is 11.3. The molecule has 2 aromatic heterocycles. The Hall–Kier alpha value is -4.07. The van der Waals surface area contributed by atoms with Gasteiger partial charge in [-0.25, -0.2) is 19.3 Å². The Morgan fingerprint density at radius 1 is 1.00 bits per heavy atom. The van der Waals surface area contributed by atoms with Crippen LogP contribution in [0.3, 0.4) is 0 Å². The predicted octanol–water partition coefficient (Wildman–Crippen LogP) is 5.29. The summed E-state index contributed by atoms with van der Waals surface area (Å²) in [6.45, 7) is 5.98. The van der Waals surface area contributed by atoms with E-state index < -0.39 is 5.82 Å². The number of aromatic nitrogens is 3. The van der Waals surface area contributed by atoms with E-state index in [2.05, 4.69) is 39.0 Å². The molecule has 7 nitrogen and oxygen atoms in total. The van der Waals surface area contributed by atoms with E-state index in [0.717, 1.165) is 42.7 Å². The van der Waals surface area contributed by atoms with Crippen LogP contribution in [0.15, 0.2) is 60.9 Å². The number of carbonyl (C=O) groups excluding carboxylic acids is 1. The number of halogens is 1.